The summed E-state index contributed by atoms with van der Waals surface area (Å²) in [6.07, 6.45) is 0.180. The second-order valence-corrected chi connectivity index (χ2v) is 7.24. The molecule has 0 amide bonds. The number of hydrogen-bond donors (Lipinski definition) is 1. The van der Waals surface area contributed by atoms with E-state index in [0.717, 1.165) is 34.7 Å². The summed E-state index contributed by atoms with van der Waals surface area (Å²) in [6.45, 7) is 0.757. The Bertz CT molecular complexity index is 1060. The van der Waals surface area contributed by atoms with Gasteiger partial charge in [-0.05, 0) is 65.2 Å². The average molecular weight is 383 g/mol. The quantitative estimate of drug-likeness (QED) is 0.413. The predicted octanol–water partition coefficient (Wildman–Crippen LogP) is 6.19. The molecule has 0 fully saturated rings. The fourth-order valence-corrected chi connectivity index (χ4v) is 3.42. The van der Waals surface area contributed by atoms with E-state index in [4.69, 9.17) is 4.74 Å². The molecule has 4 aromatic carbocycles. The molecule has 3 nitrogen and oxygen atoms in total. The van der Waals surface area contributed by atoms with Crippen molar-refractivity contribution in [2.45, 2.75) is 12.5 Å². The first kappa shape index (κ1) is 19.0. The van der Waals surface area contributed by atoms with Gasteiger partial charge in [0.15, 0.2) is 0 Å². The van der Waals surface area contributed by atoms with Crippen LogP contribution >= 0.6 is 0 Å². The lowest BCUT2D eigenvalue weighted by Gasteiger charge is -2.21. The summed E-state index contributed by atoms with van der Waals surface area (Å²) in [5, 5.41) is 13.0. The second-order valence-electron chi connectivity index (χ2n) is 7.24. The smallest absolute Gasteiger partial charge is 0.127 e. The summed E-state index contributed by atoms with van der Waals surface area (Å²) in [6, 6.07) is 32.2. The number of aliphatic hydroxyl groups is 1. The Morgan fingerprint density at radius 3 is 2.17 bits per heavy atom. The molecule has 29 heavy (non-hydrogen) atoms. The van der Waals surface area contributed by atoms with Crippen LogP contribution in [-0.4, -0.2) is 18.7 Å². The lowest BCUT2D eigenvalue weighted by Crippen LogP contribution is -2.20. The van der Waals surface area contributed by atoms with Crippen LogP contribution < -0.4 is 9.64 Å². The van der Waals surface area contributed by atoms with Gasteiger partial charge < -0.3 is 14.7 Å². The molecule has 4 rings (SSSR count). The summed E-state index contributed by atoms with van der Waals surface area (Å²) >= 11 is 0. The molecule has 3 heteroatoms. The molecule has 0 spiro atoms. The Hall–Kier alpha value is -3.30. The molecule has 0 bridgehead atoms. The minimum Gasteiger partial charge on any atom is -0.457 e. The molecule has 1 N–H and O–H groups in total. The molecular formula is C26H25NO2. The number of para-hydroxylation sites is 1. The van der Waals surface area contributed by atoms with Gasteiger partial charge in [0.2, 0.25) is 0 Å². The molecule has 0 aromatic heterocycles. The lowest BCUT2D eigenvalue weighted by atomic mass is 10.0. The van der Waals surface area contributed by atoms with E-state index in [1.807, 2.05) is 79.8 Å². The second kappa shape index (κ2) is 8.80. The van der Waals surface area contributed by atoms with Gasteiger partial charge in [0, 0.05) is 19.3 Å². The number of nitrogens with zero attached hydrogens (tertiary/aromatic N) is 1. The van der Waals surface area contributed by atoms with Gasteiger partial charge in [-0.25, -0.2) is 0 Å². The third-order valence-corrected chi connectivity index (χ3v) is 5.15. The maximum absolute atomic E-state index is 10.6. The maximum Gasteiger partial charge on any atom is 0.127 e. The number of fused-ring (bicyclic) bond motifs is 1. The van der Waals surface area contributed by atoms with E-state index < -0.39 is 6.10 Å². The van der Waals surface area contributed by atoms with E-state index in [2.05, 4.69) is 29.2 Å². The fraction of sp³-hybridized carbons (Fsp3) is 0.154. The van der Waals surface area contributed by atoms with Crippen LogP contribution in [0, 0.1) is 0 Å². The first-order chi connectivity index (χ1) is 14.2. The predicted molar refractivity (Wildman–Crippen MR) is 120 cm³/mol. The number of aliphatic hydroxyl groups excluding tert-OH is 1. The summed E-state index contributed by atoms with van der Waals surface area (Å²) in [5.41, 5.74) is 2.06. The zero-order chi connectivity index (χ0) is 20.1. The molecule has 0 aliphatic rings. The minimum atomic E-state index is -0.484. The number of benzene rings is 4. The Morgan fingerprint density at radius 2 is 1.41 bits per heavy atom. The van der Waals surface area contributed by atoms with Gasteiger partial charge in [-0.2, -0.15) is 0 Å². The summed E-state index contributed by atoms with van der Waals surface area (Å²) in [4.78, 5) is 2.15. The van der Waals surface area contributed by atoms with Crippen molar-refractivity contribution < 1.29 is 9.84 Å². The molecule has 0 aliphatic heterocycles. The van der Waals surface area contributed by atoms with Crippen LogP contribution in [0.4, 0.5) is 5.69 Å². The average Bonchev–Trinajstić information content (AvgIpc) is 2.78. The van der Waals surface area contributed by atoms with Crippen molar-refractivity contribution in [2.75, 3.05) is 18.5 Å². The van der Waals surface area contributed by atoms with E-state index in [1.165, 1.54) is 5.39 Å². The highest BCUT2D eigenvalue weighted by Crippen LogP contribution is 2.26. The third-order valence-electron chi connectivity index (χ3n) is 5.15. The lowest BCUT2D eigenvalue weighted by molar-refractivity contribution is 0.170. The molecule has 0 saturated heterocycles. The van der Waals surface area contributed by atoms with E-state index in [1.54, 1.807) is 0 Å². The van der Waals surface area contributed by atoms with Gasteiger partial charge in [-0.15, -0.1) is 0 Å². The van der Waals surface area contributed by atoms with Crippen molar-refractivity contribution in [1.82, 2.24) is 0 Å². The number of anilines is 1. The first-order valence-corrected chi connectivity index (χ1v) is 9.90. The Balaban J connectivity index is 1.35. The standard InChI is InChI=1S/C26H25NO2/c1-27(23-13-15-25(16-14-23)29-24-9-3-2-4-10-24)18-17-26(28)22-12-11-20-7-5-6-8-21(20)19-22/h2-16,19,26,28H,17-18H2,1H3. The fourth-order valence-electron chi connectivity index (χ4n) is 3.42. The third kappa shape index (κ3) is 4.76. The summed E-state index contributed by atoms with van der Waals surface area (Å²) in [7, 11) is 2.04. The highest BCUT2D eigenvalue weighted by molar-refractivity contribution is 5.83. The van der Waals surface area contributed by atoms with E-state index in [-0.39, 0.29) is 0 Å². The number of ether oxygens (including phenoxy) is 1. The topological polar surface area (TPSA) is 32.7 Å². The largest absolute Gasteiger partial charge is 0.457 e. The van der Waals surface area contributed by atoms with Crippen LogP contribution in [0.25, 0.3) is 10.8 Å². The van der Waals surface area contributed by atoms with E-state index in [0.29, 0.717) is 6.42 Å². The van der Waals surface area contributed by atoms with Crippen LogP contribution in [-0.2, 0) is 0 Å². The first-order valence-electron chi connectivity index (χ1n) is 9.90. The molecule has 1 atom stereocenters. The van der Waals surface area contributed by atoms with Crippen LogP contribution in [0.3, 0.4) is 0 Å². The van der Waals surface area contributed by atoms with Crippen molar-refractivity contribution in [3.63, 3.8) is 0 Å². The highest BCUT2D eigenvalue weighted by atomic mass is 16.5. The van der Waals surface area contributed by atoms with Crippen LogP contribution in [0.2, 0.25) is 0 Å². The van der Waals surface area contributed by atoms with Crippen molar-refractivity contribution in [2.24, 2.45) is 0 Å². The summed E-state index contributed by atoms with van der Waals surface area (Å²) in [5.74, 6) is 1.64. The van der Waals surface area contributed by atoms with Crippen LogP contribution in [0.5, 0.6) is 11.5 Å². The molecule has 0 saturated carbocycles. The van der Waals surface area contributed by atoms with Gasteiger partial charge in [-0.1, -0.05) is 54.6 Å². The number of hydrogen-bond acceptors (Lipinski definition) is 3. The summed E-state index contributed by atoms with van der Waals surface area (Å²) < 4.78 is 5.85. The highest BCUT2D eigenvalue weighted by Gasteiger charge is 2.10. The van der Waals surface area contributed by atoms with Gasteiger partial charge in [0.1, 0.15) is 11.5 Å². The molecule has 0 aliphatic carbocycles. The molecular weight excluding hydrogens is 358 g/mol. The molecule has 4 aromatic rings. The van der Waals surface area contributed by atoms with Gasteiger partial charge in [0.25, 0.3) is 0 Å². The van der Waals surface area contributed by atoms with Crippen LogP contribution in [0.15, 0.2) is 97.1 Å². The van der Waals surface area contributed by atoms with E-state index in [9.17, 15) is 5.11 Å². The maximum atomic E-state index is 10.6. The zero-order valence-corrected chi connectivity index (χ0v) is 16.5. The number of rotatable bonds is 7. The van der Waals surface area contributed by atoms with Crippen molar-refractivity contribution in [3.05, 3.63) is 103 Å². The van der Waals surface area contributed by atoms with Crippen molar-refractivity contribution in [3.8, 4) is 11.5 Å². The van der Waals surface area contributed by atoms with Gasteiger partial charge in [-0.3, -0.25) is 0 Å². The normalized spacial score (nSPS) is 11.9. The Labute approximate surface area is 171 Å². The SMILES string of the molecule is CN(CCC(O)c1ccc2ccccc2c1)c1ccc(Oc2ccccc2)cc1. The molecule has 146 valence electrons. The molecule has 1 unspecified atom stereocenters. The van der Waals surface area contributed by atoms with E-state index >= 15 is 0 Å². The zero-order valence-electron chi connectivity index (χ0n) is 16.5. The minimum absolute atomic E-state index is 0.484. The molecule has 0 radical (unpaired) electrons. The van der Waals surface area contributed by atoms with Crippen molar-refractivity contribution >= 4 is 16.5 Å². The van der Waals surface area contributed by atoms with Crippen LogP contribution in [0.1, 0.15) is 18.1 Å². The van der Waals surface area contributed by atoms with Gasteiger partial charge >= 0.3 is 0 Å². The molecule has 0 heterocycles. The Morgan fingerprint density at radius 1 is 0.759 bits per heavy atom. The van der Waals surface area contributed by atoms with Gasteiger partial charge in [0.05, 0.1) is 6.10 Å². The monoisotopic (exact) mass is 383 g/mol. The van der Waals surface area contributed by atoms with Crippen molar-refractivity contribution in [1.29, 1.82) is 0 Å². The Kier molecular flexibility index (Phi) is 5.78.